The van der Waals surface area contributed by atoms with Crippen molar-refractivity contribution in [3.05, 3.63) is 70.8 Å². The van der Waals surface area contributed by atoms with Crippen LogP contribution in [0.3, 0.4) is 0 Å². The molecule has 0 aliphatic carbocycles. The van der Waals surface area contributed by atoms with Crippen LogP contribution in [0.1, 0.15) is 22.9 Å². The van der Waals surface area contributed by atoms with E-state index < -0.39 is 6.04 Å². The van der Waals surface area contributed by atoms with E-state index in [1.54, 1.807) is 17.2 Å². The fourth-order valence-corrected chi connectivity index (χ4v) is 3.16. The van der Waals surface area contributed by atoms with E-state index in [9.17, 15) is 9.59 Å². The molecule has 2 aliphatic rings. The summed E-state index contributed by atoms with van der Waals surface area (Å²) in [4.78, 5) is 26.5. The van der Waals surface area contributed by atoms with Crippen LogP contribution < -0.4 is 10.6 Å². The molecule has 6 nitrogen and oxygen atoms in total. The van der Waals surface area contributed by atoms with Crippen molar-refractivity contribution >= 4 is 11.9 Å². The molecular weight excluding hydrogens is 306 g/mol. The molecule has 0 radical (unpaired) electrons. The molecule has 0 spiro atoms. The van der Waals surface area contributed by atoms with Gasteiger partial charge in [0, 0.05) is 0 Å². The molecule has 0 saturated heterocycles. The SMILES string of the molecule is Cc1ccc([C@@H]2NC(=O)NC3=C2C(=O)N(Cc2ccco2)C3)cc1. The minimum Gasteiger partial charge on any atom is -0.467 e. The Balaban J connectivity index is 1.64. The Morgan fingerprint density at radius 2 is 2.00 bits per heavy atom. The van der Waals surface area contributed by atoms with E-state index in [1.807, 2.05) is 37.3 Å². The van der Waals surface area contributed by atoms with E-state index in [2.05, 4.69) is 10.6 Å². The third-order valence-electron chi connectivity index (χ3n) is 4.36. The second-order valence-corrected chi connectivity index (χ2v) is 6.07. The Morgan fingerprint density at radius 3 is 2.71 bits per heavy atom. The third kappa shape index (κ3) is 2.46. The van der Waals surface area contributed by atoms with Crippen molar-refractivity contribution in [3.63, 3.8) is 0 Å². The molecular formula is C18H17N3O3. The number of furan rings is 1. The van der Waals surface area contributed by atoms with Crippen molar-refractivity contribution in [3.8, 4) is 0 Å². The van der Waals surface area contributed by atoms with Gasteiger partial charge in [0.15, 0.2) is 0 Å². The van der Waals surface area contributed by atoms with Crippen molar-refractivity contribution < 1.29 is 14.0 Å². The third-order valence-corrected chi connectivity index (χ3v) is 4.36. The van der Waals surface area contributed by atoms with Gasteiger partial charge in [-0.1, -0.05) is 29.8 Å². The topological polar surface area (TPSA) is 74.6 Å². The first-order valence-corrected chi connectivity index (χ1v) is 7.80. The molecule has 0 bridgehead atoms. The molecule has 0 unspecified atom stereocenters. The van der Waals surface area contributed by atoms with Crippen LogP contribution in [-0.4, -0.2) is 23.4 Å². The normalized spacial score (nSPS) is 20.0. The van der Waals surface area contributed by atoms with E-state index in [1.165, 1.54) is 0 Å². The first kappa shape index (κ1) is 14.6. The summed E-state index contributed by atoms with van der Waals surface area (Å²) < 4.78 is 5.33. The number of amides is 3. The zero-order valence-corrected chi connectivity index (χ0v) is 13.2. The predicted molar refractivity (Wildman–Crippen MR) is 86.7 cm³/mol. The van der Waals surface area contributed by atoms with Gasteiger partial charge in [-0.05, 0) is 24.6 Å². The summed E-state index contributed by atoms with van der Waals surface area (Å²) in [6.07, 6.45) is 1.58. The van der Waals surface area contributed by atoms with Gasteiger partial charge in [-0.3, -0.25) is 4.79 Å². The molecule has 4 rings (SSSR count). The molecule has 6 heteroatoms. The number of urea groups is 1. The van der Waals surface area contributed by atoms with Crippen molar-refractivity contribution in [1.82, 2.24) is 15.5 Å². The molecule has 3 heterocycles. The predicted octanol–water partition coefficient (Wildman–Crippen LogP) is 2.24. The van der Waals surface area contributed by atoms with Crippen LogP contribution in [0.5, 0.6) is 0 Å². The van der Waals surface area contributed by atoms with Gasteiger partial charge in [-0.15, -0.1) is 0 Å². The van der Waals surface area contributed by atoms with E-state index in [4.69, 9.17) is 4.42 Å². The van der Waals surface area contributed by atoms with Gasteiger partial charge in [0.05, 0.1) is 36.7 Å². The van der Waals surface area contributed by atoms with Crippen molar-refractivity contribution in [1.29, 1.82) is 0 Å². The summed E-state index contributed by atoms with van der Waals surface area (Å²) in [5, 5.41) is 5.62. The van der Waals surface area contributed by atoms with Crippen molar-refractivity contribution in [2.45, 2.75) is 19.5 Å². The van der Waals surface area contributed by atoms with E-state index in [0.717, 1.165) is 16.9 Å². The van der Waals surface area contributed by atoms with Gasteiger partial charge in [-0.2, -0.15) is 0 Å². The Labute approximate surface area is 139 Å². The molecule has 0 saturated carbocycles. The van der Waals surface area contributed by atoms with Gasteiger partial charge >= 0.3 is 6.03 Å². The highest BCUT2D eigenvalue weighted by atomic mass is 16.3. The summed E-state index contributed by atoms with van der Waals surface area (Å²) in [5.41, 5.74) is 3.30. The Kier molecular flexibility index (Phi) is 3.37. The first-order valence-electron chi connectivity index (χ1n) is 7.80. The van der Waals surface area contributed by atoms with Crippen LogP contribution in [0.15, 0.2) is 58.3 Å². The van der Waals surface area contributed by atoms with Gasteiger partial charge in [0.25, 0.3) is 5.91 Å². The zero-order valence-electron chi connectivity index (χ0n) is 13.2. The maximum Gasteiger partial charge on any atom is 0.319 e. The van der Waals surface area contributed by atoms with Crippen LogP contribution in [0.2, 0.25) is 0 Å². The summed E-state index contributed by atoms with van der Waals surface area (Å²) in [6.45, 7) is 2.77. The van der Waals surface area contributed by atoms with Crippen LogP contribution in [0.4, 0.5) is 4.79 Å². The van der Waals surface area contributed by atoms with Gasteiger partial charge < -0.3 is 20.0 Å². The summed E-state index contributed by atoms with van der Waals surface area (Å²) in [7, 11) is 0. The average Bonchev–Trinajstić information content (AvgIpc) is 3.17. The van der Waals surface area contributed by atoms with Crippen molar-refractivity contribution in [2.75, 3.05) is 6.54 Å². The smallest absolute Gasteiger partial charge is 0.319 e. The lowest BCUT2D eigenvalue weighted by Gasteiger charge is -2.25. The number of rotatable bonds is 3. The first-order chi connectivity index (χ1) is 11.6. The van der Waals surface area contributed by atoms with Crippen molar-refractivity contribution in [2.24, 2.45) is 0 Å². The number of aryl methyl sites for hydroxylation is 1. The monoisotopic (exact) mass is 323 g/mol. The van der Waals surface area contributed by atoms with E-state index >= 15 is 0 Å². The quantitative estimate of drug-likeness (QED) is 0.909. The van der Waals surface area contributed by atoms with Gasteiger partial charge in [0.2, 0.25) is 0 Å². The summed E-state index contributed by atoms with van der Waals surface area (Å²) in [5.74, 6) is 0.633. The van der Waals surface area contributed by atoms with E-state index in [0.29, 0.717) is 24.4 Å². The fraction of sp³-hybridized carbons (Fsp3) is 0.222. The maximum atomic E-state index is 12.9. The number of carbonyl (C=O) groups excluding carboxylic acids is 2. The lowest BCUT2D eigenvalue weighted by Crippen LogP contribution is -2.44. The minimum atomic E-state index is -0.427. The highest BCUT2D eigenvalue weighted by Crippen LogP contribution is 2.33. The maximum absolute atomic E-state index is 12.9. The highest BCUT2D eigenvalue weighted by molar-refractivity contribution is 6.01. The molecule has 2 N–H and O–H groups in total. The lowest BCUT2D eigenvalue weighted by atomic mass is 9.95. The molecule has 2 aromatic rings. The van der Waals surface area contributed by atoms with E-state index in [-0.39, 0.29) is 11.9 Å². The molecule has 1 atom stereocenters. The van der Waals surface area contributed by atoms with Crippen LogP contribution in [0.25, 0.3) is 0 Å². The molecule has 24 heavy (non-hydrogen) atoms. The lowest BCUT2D eigenvalue weighted by molar-refractivity contribution is -0.126. The zero-order chi connectivity index (χ0) is 16.7. The molecule has 1 aromatic heterocycles. The van der Waals surface area contributed by atoms with Crippen LogP contribution in [-0.2, 0) is 11.3 Å². The number of carbonyl (C=O) groups is 2. The number of nitrogens with one attached hydrogen (secondary N) is 2. The standard InChI is InChI=1S/C18H17N3O3/c1-11-4-6-12(7-5-11)16-15-14(19-18(23)20-16)10-21(17(15)22)9-13-3-2-8-24-13/h2-8,16H,9-10H2,1H3,(H2,19,20,23)/t16-/m0/s1. The number of benzene rings is 1. The average molecular weight is 323 g/mol. The molecule has 1 aromatic carbocycles. The van der Waals surface area contributed by atoms with Gasteiger partial charge in [-0.25, -0.2) is 4.79 Å². The van der Waals surface area contributed by atoms with Crippen LogP contribution >= 0.6 is 0 Å². The molecule has 3 amide bonds. The largest absolute Gasteiger partial charge is 0.467 e. The Morgan fingerprint density at radius 1 is 1.21 bits per heavy atom. The summed E-state index contributed by atoms with van der Waals surface area (Å²) >= 11 is 0. The Bertz CT molecular complexity index is 822. The summed E-state index contributed by atoms with van der Waals surface area (Å²) in [6, 6.07) is 10.8. The second kappa shape index (κ2) is 5.56. The number of nitrogens with zero attached hydrogens (tertiary/aromatic N) is 1. The highest BCUT2D eigenvalue weighted by Gasteiger charge is 2.40. The Hall–Kier alpha value is -3.02. The fourth-order valence-electron chi connectivity index (χ4n) is 3.16. The number of hydrogen-bond donors (Lipinski definition) is 2. The van der Waals surface area contributed by atoms with Gasteiger partial charge in [0.1, 0.15) is 5.76 Å². The van der Waals surface area contributed by atoms with Crippen LogP contribution in [0, 0.1) is 6.92 Å². The molecule has 0 fully saturated rings. The number of hydrogen-bond acceptors (Lipinski definition) is 3. The second-order valence-electron chi connectivity index (χ2n) is 6.07. The molecule has 2 aliphatic heterocycles. The minimum absolute atomic E-state index is 0.0838. The molecule has 122 valence electrons.